The van der Waals surface area contributed by atoms with Gasteiger partial charge in [-0.1, -0.05) is 29.4 Å². The molecule has 0 fully saturated rings. The highest BCUT2D eigenvalue weighted by Crippen LogP contribution is 2.08. The topological polar surface area (TPSA) is 92.4 Å². The number of rotatable bonds is 6. The van der Waals surface area contributed by atoms with Gasteiger partial charge >= 0.3 is 0 Å². The molecule has 0 saturated carbocycles. The van der Waals surface area contributed by atoms with Crippen molar-refractivity contribution in [2.75, 3.05) is 0 Å². The van der Waals surface area contributed by atoms with Crippen LogP contribution in [0.15, 0.2) is 41.1 Å². The molecule has 0 atom stereocenters. The molecule has 1 heterocycles. The monoisotopic (exact) mass is 282 g/mol. The summed E-state index contributed by atoms with van der Waals surface area (Å²) in [7, 11) is -3.42. The van der Waals surface area contributed by atoms with E-state index < -0.39 is 10.0 Å². The maximum absolute atomic E-state index is 11.8. The van der Waals surface area contributed by atoms with E-state index in [0.717, 1.165) is 5.56 Å². The van der Waals surface area contributed by atoms with Gasteiger partial charge in [0.2, 0.25) is 10.0 Å². The molecule has 1 aromatic carbocycles. The smallest absolute Gasteiger partial charge is 0.216 e. The summed E-state index contributed by atoms with van der Waals surface area (Å²) < 4.78 is 30.7. The Balaban J connectivity index is 1.96. The van der Waals surface area contributed by atoms with E-state index in [1.54, 1.807) is 30.3 Å². The zero-order valence-corrected chi connectivity index (χ0v) is 10.9. The molecule has 0 bridgehead atoms. The molecule has 1 aromatic heterocycles. The number of sulfonamides is 1. The summed E-state index contributed by atoms with van der Waals surface area (Å²) in [5.41, 5.74) is 1.93. The van der Waals surface area contributed by atoms with Gasteiger partial charge in [-0.25, -0.2) is 13.1 Å². The van der Waals surface area contributed by atoms with Crippen LogP contribution in [-0.4, -0.2) is 18.7 Å². The van der Waals surface area contributed by atoms with Crippen LogP contribution in [0.5, 0.6) is 0 Å². The summed E-state index contributed by atoms with van der Waals surface area (Å²) in [6.45, 7) is 0.0466. The zero-order valence-electron chi connectivity index (χ0n) is 10.1. The molecule has 7 heteroatoms. The third kappa shape index (κ3) is 4.16. The molecule has 2 N–H and O–H groups in total. The van der Waals surface area contributed by atoms with Crippen molar-refractivity contribution in [2.45, 2.75) is 18.9 Å². The predicted octanol–water partition coefficient (Wildman–Crippen LogP) is 0.787. The van der Waals surface area contributed by atoms with Gasteiger partial charge in [-0.05, 0) is 11.1 Å². The van der Waals surface area contributed by atoms with Gasteiger partial charge < -0.3 is 9.63 Å². The Kier molecular flexibility index (Phi) is 4.31. The van der Waals surface area contributed by atoms with Crippen molar-refractivity contribution in [3.63, 3.8) is 0 Å². The largest absolute Gasteiger partial charge is 0.392 e. The van der Waals surface area contributed by atoms with Gasteiger partial charge in [-0.2, -0.15) is 0 Å². The quantitative estimate of drug-likeness (QED) is 0.817. The first-order chi connectivity index (χ1) is 9.09. The van der Waals surface area contributed by atoms with Gasteiger partial charge in [0.05, 0.1) is 24.6 Å². The van der Waals surface area contributed by atoms with Gasteiger partial charge in [0.1, 0.15) is 6.26 Å². The third-order valence-corrected chi connectivity index (χ3v) is 3.82. The fourth-order valence-electron chi connectivity index (χ4n) is 1.52. The molecule has 0 saturated heterocycles. The number of aliphatic hydroxyl groups is 1. The molecule has 0 aliphatic heterocycles. The maximum Gasteiger partial charge on any atom is 0.216 e. The highest BCUT2D eigenvalue weighted by Gasteiger charge is 2.12. The van der Waals surface area contributed by atoms with E-state index in [1.807, 2.05) is 0 Å². The Morgan fingerprint density at radius 2 is 1.84 bits per heavy atom. The van der Waals surface area contributed by atoms with Crippen LogP contribution < -0.4 is 4.72 Å². The van der Waals surface area contributed by atoms with Gasteiger partial charge in [0.25, 0.3) is 0 Å². The van der Waals surface area contributed by atoms with E-state index in [-0.39, 0.29) is 18.9 Å². The molecule has 0 amide bonds. The van der Waals surface area contributed by atoms with Crippen LogP contribution in [0.25, 0.3) is 0 Å². The Morgan fingerprint density at radius 3 is 2.42 bits per heavy atom. The Labute approximate surface area is 111 Å². The summed E-state index contributed by atoms with van der Waals surface area (Å²) in [6.07, 6.45) is 1.39. The molecule has 0 aliphatic rings. The lowest BCUT2D eigenvalue weighted by Crippen LogP contribution is -2.24. The second-order valence-electron chi connectivity index (χ2n) is 4.05. The van der Waals surface area contributed by atoms with Crippen LogP contribution in [0, 0.1) is 0 Å². The van der Waals surface area contributed by atoms with Crippen molar-refractivity contribution in [3.8, 4) is 0 Å². The fraction of sp³-hybridized carbons (Fsp3) is 0.250. The summed E-state index contributed by atoms with van der Waals surface area (Å²) in [6, 6.07) is 8.35. The lowest BCUT2D eigenvalue weighted by molar-refractivity contribution is 0.282. The molecule has 2 rings (SSSR count). The number of aromatic nitrogens is 1. The molecule has 2 aromatic rings. The minimum Gasteiger partial charge on any atom is -0.392 e. The second-order valence-corrected chi connectivity index (χ2v) is 5.85. The highest BCUT2D eigenvalue weighted by atomic mass is 32.2. The summed E-state index contributed by atoms with van der Waals surface area (Å²) >= 11 is 0. The van der Waals surface area contributed by atoms with Gasteiger partial charge in [-0.3, -0.25) is 0 Å². The van der Waals surface area contributed by atoms with Crippen molar-refractivity contribution in [3.05, 3.63) is 53.4 Å². The molecule has 6 nitrogen and oxygen atoms in total. The second kappa shape index (κ2) is 5.96. The number of benzene rings is 1. The summed E-state index contributed by atoms with van der Waals surface area (Å²) in [5.74, 6) is -0.115. The SMILES string of the molecule is O=S(=O)(Cc1ccc(CO)cc1)NCc1ccon1. The van der Waals surface area contributed by atoms with Crippen molar-refractivity contribution in [1.82, 2.24) is 9.88 Å². The van der Waals surface area contributed by atoms with Crippen molar-refractivity contribution >= 4 is 10.0 Å². The van der Waals surface area contributed by atoms with Crippen LogP contribution >= 0.6 is 0 Å². The number of nitrogens with one attached hydrogen (secondary N) is 1. The standard InChI is InChI=1S/C12H14N2O4S/c15-8-10-1-3-11(4-2-10)9-19(16,17)13-7-12-5-6-18-14-12/h1-6,13,15H,7-9H2. The van der Waals surface area contributed by atoms with Crippen LogP contribution in [0.3, 0.4) is 0 Å². The van der Waals surface area contributed by atoms with Crippen molar-refractivity contribution in [2.24, 2.45) is 0 Å². The first kappa shape index (κ1) is 13.7. The molecule has 0 unspecified atom stereocenters. The summed E-state index contributed by atoms with van der Waals surface area (Å²) in [4.78, 5) is 0. The first-order valence-corrected chi connectivity index (χ1v) is 7.29. The van der Waals surface area contributed by atoms with E-state index in [2.05, 4.69) is 14.4 Å². The van der Waals surface area contributed by atoms with Crippen LogP contribution in [-0.2, 0) is 28.9 Å². The Bertz CT molecular complexity index is 606. The minimum atomic E-state index is -3.42. The van der Waals surface area contributed by atoms with E-state index in [9.17, 15) is 8.42 Å². The summed E-state index contributed by atoms with van der Waals surface area (Å²) in [5, 5.41) is 12.5. The fourth-order valence-corrected chi connectivity index (χ4v) is 2.63. The molecule has 0 radical (unpaired) electrons. The van der Waals surface area contributed by atoms with Crippen LogP contribution in [0.1, 0.15) is 16.8 Å². The first-order valence-electron chi connectivity index (χ1n) is 5.64. The van der Waals surface area contributed by atoms with Gasteiger partial charge in [0.15, 0.2) is 0 Å². The van der Waals surface area contributed by atoms with Crippen molar-refractivity contribution < 1.29 is 18.0 Å². The average Bonchev–Trinajstić information content (AvgIpc) is 2.90. The third-order valence-electron chi connectivity index (χ3n) is 2.53. The zero-order chi connectivity index (χ0) is 13.7. The van der Waals surface area contributed by atoms with Gasteiger partial charge in [0, 0.05) is 6.07 Å². The minimum absolute atomic E-state index is 0.0581. The Morgan fingerprint density at radius 1 is 1.16 bits per heavy atom. The number of aliphatic hydroxyl groups excluding tert-OH is 1. The highest BCUT2D eigenvalue weighted by molar-refractivity contribution is 7.88. The van der Waals surface area contributed by atoms with E-state index >= 15 is 0 Å². The van der Waals surface area contributed by atoms with E-state index in [1.165, 1.54) is 6.26 Å². The lowest BCUT2D eigenvalue weighted by Gasteiger charge is -2.05. The van der Waals surface area contributed by atoms with Crippen LogP contribution in [0.2, 0.25) is 0 Å². The van der Waals surface area contributed by atoms with Crippen LogP contribution in [0.4, 0.5) is 0 Å². The maximum atomic E-state index is 11.8. The lowest BCUT2D eigenvalue weighted by atomic mass is 10.2. The number of nitrogens with zero attached hydrogens (tertiary/aromatic N) is 1. The molecular weight excluding hydrogens is 268 g/mol. The van der Waals surface area contributed by atoms with Crippen molar-refractivity contribution in [1.29, 1.82) is 0 Å². The average molecular weight is 282 g/mol. The normalized spacial score (nSPS) is 11.6. The Hall–Kier alpha value is -1.70. The van der Waals surface area contributed by atoms with E-state index in [4.69, 9.17) is 5.11 Å². The number of hydrogen-bond donors (Lipinski definition) is 2. The molecule has 19 heavy (non-hydrogen) atoms. The number of hydrogen-bond acceptors (Lipinski definition) is 5. The molecular formula is C12H14N2O4S. The molecule has 0 aliphatic carbocycles. The predicted molar refractivity (Wildman–Crippen MR) is 68.3 cm³/mol. The molecule has 102 valence electrons. The van der Waals surface area contributed by atoms with Gasteiger partial charge in [-0.15, -0.1) is 0 Å². The molecule has 0 spiro atoms. The van der Waals surface area contributed by atoms with E-state index in [0.29, 0.717) is 11.3 Å².